The number of ether oxygens (including phenoxy) is 3. The second kappa shape index (κ2) is 9.84. The van der Waals surface area contributed by atoms with Gasteiger partial charge >= 0.3 is 0 Å². The van der Waals surface area contributed by atoms with E-state index in [1.54, 1.807) is 7.11 Å². The molecule has 6 nitrogen and oxygen atoms in total. The summed E-state index contributed by atoms with van der Waals surface area (Å²) in [6, 6.07) is 1.81. The van der Waals surface area contributed by atoms with E-state index in [1.165, 1.54) is 11.3 Å². The van der Waals surface area contributed by atoms with Crippen LogP contribution in [-0.2, 0) is 20.8 Å². The largest absolute Gasteiger partial charge is 0.385 e. The first-order chi connectivity index (χ1) is 9.69. The van der Waals surface area contributed by atoms with Gasteiger partial charge in [0, 0.05) is 25.2 Å². The zero-order chi connectivity index (χ0) is 14.8. The van der Waals surface area contributed by atoms with Gasteiger partial charge in [0.25, 0.3) is 5.91 Å². The van der Waals surface area contributed by atoms with E-state index < -0.39 is 0 Å². The number of nitrogens with one attached hydrogen (secondary N) is 1. The van der Waals surface area contributed by atoms with Crippen molar-refractivity contribution in [3.63, 3.8) is 0 Å². The molecule has 0 bridgehead atoms. The second-order valence-corrected chi connectivity index (χ2v) is 5.43. The van der Waals surface area contributed by atoms with Crippen LogP contribution in [0, 0.1) is 6.92 Å². The van der Waals surface area contributed by atoms with E-state index in [0.717, 1.165) is 16.9 Å². The number of aryl methyl sites for hydroxylation is 1. The zero-order valence-corrected chi connectivity index (χ0v) is 12.8. The van der Waals surface area contributed by atoms with Crippen LogP contribution in [0.4, 0.5) is 0 Å². The Kier molecular flexibility index (Phi) is 8.40. The molecule has 20 heavy (non-hydrogen) atoms. The molecular weight excluding hydrogens is 280 g/mol. The summed E-state index contributed by atoms with van der Waals surface area (Å²) in [5.41, 5.74) is 3.13. The summed E-state index contributed by atoms with van der Waals surface area (Å²) in [5, 5.41) is 0. The van der Waals surface area contributed by atoms with E-state index in [1.807, 2.05) is 13.0 Å². The first-order valence-corrected chi connectivity index (χ1v) is 7.25. The van der Waals surface area contributed by atoms with Gasteiger partial charge < -0.3 is 14.2 Å². The van der Waals surface area contributed by atoms with Crippen LogP contribution in [0.3, 0.4) is 0 Å². The van der Waals surface area contributed by atoms with Crippen LogP contribution >= 0.6 is 11.3 Å². The lowest BCUT2D eigenvalue weighted by atomic mass is 10.2. The molecule has 0 aliphatic carbocycles. The molecule has 1 heterocycles. The van der Waals surface area contributed by atoms with Crippen molar-refractivity contribution >= 4 is 17.2 Å². The van der Waals surface area contributed by atoms with Gasteiger partial charge in [-0.1, -0.05) is 0 Å². The summed E-state index contributed by atoms with van der Waals surface area (Å²) in [6.07, 6.45) is 0.887. The maximum absolute atomic E-state index is 11.4. The second-order valence-electron chi connectivity index (χ2n) is 4.18. The monoisotopic (exact) mass is 302 g/mol. The number of nitrogens with two attached hydrogens (primary N) is 1. The normalized spacial score (nSPS) is 10.8. The van der Waals surface area contributed by atoms with Gasteiger partial charge in [-0.25, -0.2) is 5.84 Å². The predicted octanol–water partition coefficient (Wildman–Crippen LogP) is 1.23. The van der Waals surface area contributed by atoms with Crippen LogP contribution in [0.2, 0.25) is 0 Å². The third-order valence-electron chi connectivity index (χ3n) is 2.64. The van der Waals surface area contributed by atoms with Crippen LogP contribution in [0.1, 0.15) is 26.5 Å². The molecule has 1 amide bonds. The molecule has 0 aliphatic heterocycles. The molecule has 0 saturated carbocycles. The average molecular weight is 302 g/mol. The van der Waals surface area contributed by atoms with E-state index in [2.05, 4.69) is 5.43 Å². The van der Waals surface area contributed by atoms with E-state index in [-0.39, 0.29) is 5.91 Å². The molecule has 1 aromatic heterocycles. The van der Waals surface area contributed by atoms with Gasteiger partial charge in [-0.2, -0.15) is 0 Å². The van der Waals surface area contributed by atoms with Crippen LogP contribution in [0.15, 0.2) is 6.07 Å². The molecule has 1 aromatic rings. The number of methoxy groups -OCH3 is 1. The summed E-state index contributed by atoms with van der Waals surface area (Å²) < 4.78 is 15.8. The third kappa shape index (κ3) is 5.98. The lowest BCUT2D eigenvalue weighted by molar-refractivity contribution is 0.0336. The maximum Gasteiger partial charge on any atom is 0.275 e. The molecule has 0 unspecified atom stereocenters. The Morgan fingerprint density at radius 3 is 2.75 bits per heavy atom. The standard InChI is InChI=1S/C13H22N2O4S/c1-10-11(8-12(20-10)13(16)15-14)9-19-7-6-18-5-3-4-17-2/h8H,3-7,9,14H2,1-2H3,(H,15,16). The number of hydrogen-bond acceptors (Lipinski definition) is 6. The SMILES string of the molecule is COCCCOCCOCc1cc(C(=O)NN)sc1C. The zero-order valence-electron chi connectivity index (χ0n) is 11.9. The number of thiophene rings is 1. The molecule has 0 radical (unpaired) electrons. The fraction of sp³-hybridized carbons (Fsp3) is 0.615. The van der Waals surface area contributed by atoms with Gasteiger partial charge in [0.05, 0.1) is 24.7 Å². The molecule has 0 aromatic carbocycles. The van der Waals surface area contributed by atoms with Crippen LogP contribution < -0.4 is 11.3 Å². The highest BCUT2D eigenvalue weighted by atomic mass is 32.1. The molecule has 7 heteroatoms. The Bertz CT molecular complexity index is 409. The van der Waals surface area contributed by atoms with Crippen molar-refractivity contribution in [2.75, 3.05) is 33.5 Å². The predicted molar refractivity (Wildman–Crippen MR) is 77.7 cm³/mol. The average Bonchev–Trinajstić information content (AvgIpc) is 2.82. The molecule has 0 saturated heterocycles. The van der Waals surface area contributed by atoms with Gasteiger partial charge in [-0.15, -0.1) is 11.3 Å². The quantitative estimate of drug-likeness (QED) is 0.294. The third-order valence-corrected chi connectivity index (χ3v) is 3.73. The first-order valence-electron chi connectivity index (χ1n) is 6.43. The van der Waals surface area contributed by atoms with Crippen molar-refractivity contribution in [2.24, 2.45) is 5.84 Å². The number of hydrazine groups is 1. The summed E-state index contributed by atoms with van der Waals surface area (Å²) >= 11 is 1.41. The number of hydrogen-bond donors (Lipinski definition) is 2. The van der Waals surface area contributed by atoms with Crippen molar-refractivity contribution in [1.29, 1.82) is 0 Å². The number of rotatable bonds is 10. The maximum atomic E-state index is 11.4. The highest BCUT2D eigenvalue weighted by molar-refractivity contribution is 7.14. The number of carbonyl (C=O) groups is 1. The van der Waals surface area contributed by atoms with Crippen LogP contribution in [0.5, 0.6) is 0 Å². The Morgan fingerprint density at radius 2 is 2.05 bits per heavy atom. The Morgan fingerprint density at radius 1 is 1.30 bits per heavy atom. The van der Waals surface area contributed by atoms with Crippen molar-refractivity contribution < 1.29 is 19.0 Å². The highest BCUT2D eigenvalue weighted by Gasteiger charge is 2.11. The minimum Gasteiger partial charge on any atom is -0.385 e. The summed E-state index contributed by atoms with van der Waals surface area (Å²) in [4.78, 5) is 13.0. The Hall–Kier alpha value is -0.990. The summed E-state index contributed by atoms with van der Waals surface area (Å²) in [6.45, 7) is 4.90. The van der Waals surface area contributed by atoms with Crippen molar-refractivity contribution in [3.8, 4) is 0 Å². The summed E-state index contributed by atoms with van der Waals surface area (Å²) in [5.74, 6) is 4.83. The fourth-order valence-corrected chi connectivity index (χ4v) is 2.49. The first kappa shape index (κ1) is 17.1. The smallest absolute Gasteiger partial charge is 0.275 e. The fourth-order valence-electron chi connectivity index (χ4n) is 1.55. The lowest BCUT2D eigenvalue weighted by Crippen LogP contribution is -2.29. The topological polar surface area (TPSA) is 82.8 Å². The molecule has 1 rings (SSSR count). The molecular formula is C13H22N2O4S. The minimum atomic E-state index is -0.272. The summed E-state index contributed by atoms with van der Waals surface area (Å²) in [7, 11) is 1.67. The number of carbonyl (C=O) groups excluding carboxylic acids is 1. The van der Waals surface area contributed by atoms with Gasteiger partial charge in [0.2, 0.25) is 0 Å². The molecule has 114 valence electrons. The van der Waals surface area contributed by atoms with Crippen molar-refractivity contribution in [1.82, 2.24) is 5.43 Å². The van der Waals surface area contributed by atoms with E-state index >= 15 is 0 Å². The number of nitrogen functional groups attached to an aromatic ring is 1. The van der Waals surface area contributed by atoms with Crippen molar-refractivity contribution in [2.45, 2.75) is 20.0 Å². The Labute approximate surface area is 123 Å². The van der Waals surface area contributed by atoms with Gasteiger partial charge in [0.15, 0.2) is 0 Å². The molecule has 0 aliphatic rings. The van der Waals surface area contributed by atoms with E-state index in [0.29, 0.717) is 37.9 Å². The van der Waals surface area contributed by atoms with Crippen LogP contribution in [-0.4, -0.2) is 39.4 Å². The van der Waals surface area contributed by atoms with E-state index in [9.17, 15) is 4.79 Å². The molecule has 0 atom stereocenters. The molecule has 0 spiro atoms. The lowest BCUT2D eigenvalue weighted by Gasteiger charge is -2.05. The minimum absolute atomic E-state index is 0.272. The van der Waals surface area contributed by atoms with Gasteiger partial charge in [0.1, 0.15) is 0 Å². The molecule has 0 fully saturated rings. The van der Waals surface area contributed by atoms with Crippen LogP contribution in [0.25, 0.3) is 0 Å². The molecule has 3 N–H and O–H groups in total. The number of amides is 1. The highest BCUT2D eigenvalue weighted by Crippen LogP contribution is 2.22. The Balaban J connectivity index is 2.19. The van der Waals surface area contributed by atoms with Crippen molar-refractivity contribution in [3.05, 3.63) is 21.4 Å². The van der Waals surface area contributed by atoms with Gasteiger partial charge in [-0.3, -0.25) is 10.2 Å². The van der Waals surface area contributed by atoms with E-state index in [4.69, 9.17) is 20.1 Å². The van der Waals surface area contributed by atoms with Gasteiger partial charge in [-0.05, 0) is 25.0 Å².